The first-order chi connectivity index (χ1) is 7.17. The molecule has 1 saturated heterocycles. The minimum atomic E-state index is 0.243. The summed E-state index contributed by atoms with van der Waals surface area (Å²) in [6.45, 7) is 9.34. The highest BCUT2D eigenvalue weighted by Crippen LogP contribution is 2.19. The molecule has 2 nitrogen and oxygen atoms in total. The summed E-state index contributed by atoms with van der Waals surface area (Å²) in [7, 11) is 0. The second-order valence-electron chi connectivity index (χ2n) is 4.93. The first-order valence-electron chi connectivity index (χ1n) is 6.42. The van der Waals surface area contributed by atoms with Crippen LogP contribution in [0.5, 0.6) is 0 Å². The van der Waals surface area contributed by atoms with Gasteiger partial charge in [-0.2, -0.15) is 0 Å². The lowest BCUT2D eigenvalue weighted by Crippen LogP contribution is -2.39. The summed E-state index contributed by atoms with van der Waals surface area (Å²) in [4.78, 5) is 14.1. The zero-order valence-corrected chi connectivity index (χ0v) is 10.5. The average Bonchev–Trinajstić information content (AvgIpc) is 2.28. The third kappa shape index (κ3) is 3.94. The Morgan fingerprint density at radius 1 is 1.47 bits per heavy atom. The van der Waals surface area contributed by atoms with E-state index in [1.165, 1.54) is 19.3 Å². The van der Waals surface area contributed by atoms with Gasteiger partial charge in [0, 0.05) is 12.5 Å². The van der Waals surface area contributed by atoms with Crippen molar-refractivity contribution in [1.82, 2.24) is 4.90 Å². The van der Waals surface area contributed by atoms with Crippen molar-refractivity contribution < 1.29 is 4.79 Å². The molecular weight excluding hydrogens is 186 g/mol. The van der Waals surface area contributed by atoms with E-state index >= 15 is 0 Å². The summed E-state index contributed by atoms with van der Waals surface area (Å²) >= 11 is 0. The molecule has 2 heteroatoms. The lowest BCUT2D eigenvalue weighted by molar-refractivity contribution is -0.124. The van der Waals surface area contributed by atoms with Crippen LogP contribution in [0.2, 0.25) is 0 Å². The predicted octanol–water partition coefficient (Wildman–Crippen LogP) is 2.72. The maximum absolute atomic E-state index is 11.8. The van der Waals surface area contributed by atoms with E-state index in [4.69, 9.17) is 0 Å². The van der Waals surface area contributed by atoms with Crippen molar-refractivity contribution in [2.24, 2.45) is 11.8 Å². The first kappa shape index (κ1) is 12.7. The molecule has 1 heterocycles. The molecule has 2 atom stereocenters. The summed E-state index contributed by atoms with van der Waals surface area (Å²) in [5, 5.41) is 0. The number of Topliss-reactive ketones (excluding diaryl/α,β-unsaturated/α-hetero) is 1. The molecule has 15 heavy (non-hydrogen) atoms. The minimum absolute atomic E-state index is 0.243. The molecule has 0 aliphatic carbocycles. The van der Waals surface area contributed by atoms with Crippen LogP contribution >= 0.6 is 0 Å². The SMILES string of the molecule is CCC1CCCN(CC(=O)C(C)CC)C1. The third-order valence-electron chi connectivity index (χ3n) is 3.72. The van der Waals surface area contributed by atoms with E-state index in [1.807, 2.05) is 6.92 Å². The number of hydrogen-bond acceptors (Lipinski definition) is 2. The highest BCUT2D eigenvalue weighted by Gasteiger charge is 2.21. The molecule has 0 radical (unpaired) electrons. The minimum Gasteiger partial charge on any atom is -0.298 e. The van der Waals surface area contributed by atoms with Crippen LogP contribution in [0, 0.1) is 11.8 Å². The second kappa shape index (κ2) is 6.26. The Bertz CT molecular complexity index is 203. The van der Waals surface area contributed by atoms with Gasteiger partial charge < -0.3 is 0 Å². The standard InChI is InChI=1S/C13H25NO/c1-4-11(3)13(15)10-14-8-6-7-12(5-2)9-14/h11-12H,4-10H2,1-3H3. The molecule has 0 aromatic heterocycles. The summed E-state index contributed by atoms with van der Waals surface area (Å²) in [5.74, 6) is 1.49. The normalized spacial score (nSPS) is 25.1. The van der Waals surface area contributed by atoms with Crippen molar-refractivity contribution >= 4 is 5.78 Å². The summed E-state index contributed by atoms with van der Waals surface area (Å²) in [6, 6.07) is 0. The van der Waals surface area contributed by atoms with E-state index in [0.717, 1.165) is 25.4 Å². The van der Waals surface area contributed by atoms with Gasteiger partial charge in [-0.05, 0) is 31.7 Å². The molecule has 0 amide bonds. The molecule has 0 aromatic rings. The van der Waals surface area contributed by atoms with Crippen molar-refractivity contribution in [1.29, 1.82) is 0 Å². The molecule has 0 N–H and O–H groups in total. The summed E-state index contributed by atoms with van der Waals surface area (Å²) in [6.07, 6.45) is 4.86. The van der Waals surface area contributed by atoms with E-state index in [9.17, 15) is 4.79 Å². The smallest absolute Gasteiger partial charge is 0.149 e. The van der Waals surface area contributed by atoms with E-state index in [1.54, 1.807) is 0 Å². The lowest BCUT2D eigenvalue weighted by Gasteiger charge is -2.32. The zero-order chi connectivity index (χ0) is 11.3. The Labute approximate surface area is 94.0 Å². The highest BCUT2D eigenvalue weighted by molar-refractivity contribution is 5.82. The van der Waals surface area contributed by atoms with E-state index in [-0.39, 0.29) is 5.92 Å². The molecule has 1 aliphatic rings. The van der Waals surface area contributed by atoms with Crippen LogP contribution in [-0.4, -0.2) is 30.3 Å². The molecule has 1 rings (SSSR count). The highest BCUT2D eigenvalue weighted by atomic mass is 16.1. The topological polar surface area (TPSA) is 20.3 Å². The summed E-state index contributed by atoms with van der Waals surface area (Å²) in [5.41, 5.74) is 0. The van der Waals surface area contributed by atoms with Crippen LogP contribution in [0.15, 0.2) is 0 Å². The van der Waals surface area contributed by atoms with Gasteiger partial charge in [0.25, 0.3) is 0 Å². The molecule has 0 saturated carbocycles. The van der Waals surface area contributed by atoms with Gasteiger partial charge >= 0.3 is 0 Å². The Morgan fingerprint density at radius 2 is 2.20 bits per heavy atom. The number of piperidine rings is 1. The van der Waals surface area contributed by atoms with Crippen LogP contribution in [0.25, 0.3) is 0 Å². The van der Waals surface area contributed by atoms with Crippen molar-refractivity contribution in [2.75, 3.05) is 19.6 Å². The van der Waals surface area contributed by atoms with Crippen LogP contribution in [0.4, 0.5) is 0 Å². The molecule has 1 fully saturated rings. The maximum Gasteiger partial charge on any atom is 0.149 e. The maximum atomic E-state index is 11.8. The van der Waals surface area contributed by atoms with Gasteiger partial charge in [-0.1, -0.05) is 27.2 Å². The van der Waals surface area contributed by atoms with E-state index in [2.05, 4.69) is 18.7 Å². The van der Waals surface area contributed by atoms with Crippen molar-refractivity contribution in [3.05, 3.63) is 0 Å². The zero-order valence-electron chi connectivity index (χ0n) is 10.5. The number of ketones is 1. The Hall–Kier alpha value is -0.370. The van der Waals surface area contributed by atoms with Crippen molar-refractivity contribution in [3.8, 4) is 0 Å². The Morgan fingerprint density at radius 3 is 2.80 bits per heavy atom. The number of rotatable bonds is 5. The molecule has 1 aliphatic heterocycles. The van der Waals surface area contributed by atoms with E-state index in [0.29, 0.717) is 12.3 Å². The molecule has 0 spiro atoms. The predicted molar refractivity (Wildman–Crippen MR) is 63.9 cm³/mol. The number of carbonyl (C=O) groups is 1. The van der Waals surface area contributed by atoms with Crippen LogP contribution in [0.3, 0.4) is 0 Å². The second-order valence-corrected chi connectivity index (χ2v) is 4.93. The summed E-state index contributed by atoms with van der Waals surface area (Å²) < 4.78 is 0. The van der Waals surface area contributed by atoms with Gasteiger partial charge in [-0.3, -0.25) is 9.69 Å². The van der Waals surface area contributed by atoms with E-state index < -0.39 is 0 Å². The lowest BCUT2D eigenvalue weighted by atomic mass is 9.94. The van der Waals surface area contributed by atoms with Crippen LogP contribution in [0.1, 0.15) is 46.5 Å². The van der Waals surface area contributed by atoms with Gasteiger partial charge in [0.15, 0.2) is 0 Å². The molecule has 88 valence electrons. The Balaban J connectivity index is 2.34. The van der Waals surface area contributed by atoms with Crippen molar-refractivity contribution in [2.45, 2.75) is 46.5 Å². The molecular formula is C13H25NO. The van der Waals surface area contributed by atoms with Gasteiger partial charge in [0.2, 0.25) is 0 Å². The fourth-order valence-electron chi connectivity index (χ4n) is 2.23. The molecule has 0 bridgehead atoms. The number of carbonyl (C=O) groups excluding carboxylic acids is 1. The largest absolute Gasteiger partial charge is 0.298 e. The number of nitrogens with zero attached hydrogens (tertiary/aromatic N) is 1. The van der Waals surface area contributed by atoms with Crippen LogP contribution < -0.4 is 0 Å². The van der Waals surface area contributed by atoms with Gasteiger partial charge in [-0.15, -0.1) is 0 Å². The molecule has 2 unspecified atom stereocenters. The monoisotopic (exact) mass is 211 g/mol. The fraction of sp³-hybridized carbons (Fsp3) is 0.923. The fourth-order valence-corrected chi connectivity index (χ4v) is 2.23. The third-order valence-corrected chi connectivity index (χ3v) is 3.72. The molecule has 0 aromatic carbocycles. The number of likely N-dealkylation sites (tertiary alicyclic amines) is 1. The number of hydrogen-bond donors (Lipinski definition) is 0. The van der Waals surface area contributed by atoms with Crippen LogP contribution in [-0.2, 0) is 4.79 Å². The van der Waals surface area contributed by atoms with Gasteiger partial charge in [0.1, 0.15) is 5.78 Å². The quantitative estimate of drug-likeness (QED) is 0.697. The average molecular weight is 211 g/mol. The van der Waals surface area contributed by atoms with Gasteiger partial charge in [0.05, 0.1) is 6.54 Å². The van der Waals surface area contributed by atoms with Gasteiger partial charge in [-0.25, -0.2) is 0 Å². The Kier molecular flexibility index (Phi) is 5.30. The van der Waals surface area contributed by atoms with Crippen molar-refractivity contribution in [3.63, 3.8) is 0 Å². The first-order valence-corrected chi connectivity index (χ1v) is 6.42.